The van der Waals surface area contributed by atoms with Crippen LogP contribution in [0.15, 0.2) is 116 Å². The highest BCUT2D eigenvalue weighted by atomic mass is 31.2. The van der Waals surface area contributed by atoms with Gasteiger partial charge in [-0.15, -0.1) is 0 Å². The number of fused-ring (bicyclic) bond motifs is 1. The first-order valence-electron chi connectivity index (χ1n) is 10.8. The molecule has 0 bridgehead atoms. The third-order valence-electron chi connectivity index (χ3n) is 6.23. The van der Waals surface area contributed by atoms with Crippen molar-refractivity contribution in [2.24, 2.45) is 0 Å². The molecule has 5 nitrogen and oxygen atoms in total. The lowest BCUT2D eigenvalue weighted by molar-refractivity contribution is -0.700. The van der Waals surface area contributed by atoms with Gasteiger partial charge < -0.3 is 14.4 Å². The molecule has 5 rings (SSSR count). The van der Waals surface area contributed by atoms with Crippen LogP contribution in [0.5, 0.6) is 0 Å². The van der Waals surface area contributed by atoms with Crippen LogP contribution >= 0.6 is 7.60 Å². The summed E-state index contributed by atoms with van der Waals surface area (Å²) in [7, 11) is -4.82. The van der Waals surface area contributed by atoms with Crippen molar-refractivity contribution in [2.45, 2.75) is 18.1 Å². The van der Waals surface area contributed by atoms with E-state index in [1.807, 2.05) is 49.1 Å². The molecule has 4 aromatic rings. The molecule has 0 fully saturated rings. The second-order valence-electron chi connectivity index (χ2n) is 8.34. The fourth-order valence-electron chi connectivity index (χ4n) is 4.34. The lowest BCUT2D eigenvalue weighted by Crippen LogP contribution is -2.50. The van der Waals surface area contributed by atoms with E-state index in [2.05, 4.69) is 47.0 Å². The summed E-state index contributed by atoms with van der Waals surface area (Å²) >= 11 is 0. The molecule has 2 aromatic heterocycles. The van der Waals surface area contributed by atoms with Gasteiger partial charge in [0.25, 0.3) is 0 Å². The number of pyridine rings is 2. The zero-order valence-electron chi connectivity index (χ0n) is 18.0. The van der Waals surface area contributed by atoms with Crippen molar-refractivity contribution in [3.8, 4) is 16.8 Å². The van der Waals surface area contributed by atoms with Gasteiger partial charge in [0, 0.05) is 30.3 Å². The molecule has 0 spiro atoms. The Bertz CT molecular complexity index is 1400. The Balaban J connectivity index is 1.39. The molecule has 2 aromatic carbocycles. The van der Waals surface area contributed by atoms with E-state index in [9.17, 15) is 14.4 Å². The van der Waals surface area contributed by atoms with Crippen molar-refractivity contribution >= 4 is 18.4 Å². The largest absolute Gasteiger partial charge is 0.810 e. The topological polar surface area (TPSA) is 70.9 Å². The first-order chi connectivity index (χ1) is 16.0. The van der Waals surface area contributed by atoms with Crippen molar-refractivity contribution in [1.29, 1.82) is 0 Å². The quantitative estimate of drug-likeness (QED) is 0.343. The van der Waals surface area contributed by atoms with Gasteiger partial charge in [-0.2, -0.15) is 4.57 Å². The van der Waals surface area contributed by atoms with E-state index in [4.69, 9.17) is 0 Å². The molecule has 1 atom stereocenters. The first kappa shape index (κ1) is 21.5. The Kier molecular flexibility index (Phi) is 5.55. The maximum atomic E-state index is 12.0. The van der Waals surface area contributed by atoms with E-state index in [-0.39, 0.29) is 13.0 Å². The third kappa shape index (κ3) is 4.19. The molecule has 1 unspecified atom stereocenters. The molecule has 0 saturated carbocycles. The third-order valence-corrected chi connectivity index (χ3v) is 7.79. The Labute approximate surface area is 192 Å². The monoisotopic (exact) mass is 454 g/mol. The summed E-state index contributed by atoms with van der Waals surface area (Å²) in [5.74, 6) is 0. The van der Waals surface area contributed by atoms with Crippen LogP contribution in [-0.4, -0.2) is 5.16 Å². The lowest BCUT2D eigenvalue weighted by Gasteiger charge is -2.46. The average Bonchev–Trinajstić information content (AvgIpc) is 2.84. The maximum Gasteiger partial charge on any atom is 0.218 e. The van der Waals surface area contributed by atoms with Crippen LogP contribution in [0.4, 0.5) is 0 Å². The molecule has 1 aliphatic rings. The SMILES string of the molecule is O=P([O-])([O-])C1(C[n+]2ccc(-c3cc[n+](-c4cccc5ccccc45)cc3)cc2)C=CC=CC1. The van der Waals surface area contributed by atoms with E-state index in [0.29, 0.717) is 0 Å². The number of hydrogen-bond donors (Lipinski definition) is 0. The van der Waals surface area contributed by atoms with Crippen LogP contribution < -0.4 is 18.9 Å². The second kappa shape index (κ2) is 8.53. The molecule has 0 aliphatic heterocycles. The van der Waals surface area contributed by atoms with Crippen molar-refractivity contribution in [3.63, 3.8) is 0 Å². The lowest BCUT2D eigenvalue weighted by atomic mass is 9.99. The van der Waals surface area contributed by atoms with Crippen molar-refractivity contribution in [3.05, 3.63) is 116 Å². The van der Waals surface area contributed by atoms with Crippen molar-refractivity contribution in [1.82, 2.24) is 0 Å². The van der Waals surface area contributed by atoms with Gasteiger partial charge in [0.15, 0.2) is 31.3 Å². The van der Waals surface area contributed by atoms with Crippen LogP contribution in [0, 0.1) is 0 Å². The summed E-state index contributed by atoms with van der Waals surface area (Å²) in [6.45, 7) is 0.0915. The Morgan fingerprint density at radius 2 is 1.48 bits per heavy atom. The van der Waals surface area contributed by atoms with Gasteiger partial charge in [0.2, 0.25) is 5.69 Å². The molecule has 2 heterocycles. The van der Waals surface area contributed by atoms with E-state index < -0.39 is 12.8 Å². The van der Waals surface area contributed by atoms with E-state index >= 15 is 0 Å². The Morgan fingerprint density at radius 3 is 2.15 bits per heavy atom. The van der Waals surface area contributed by atoms with Gasteiger partial charge in [-0.3, -0.25) is 0 Å². The van der Waals surface area contributed by atoms with Gasteiger partial charge >= 0.3 is 0 Å². The number of rotatable bonds is 5. The highest BCUT2D eigenvalue weighted by molar-refractivity contribution is 7.50. The predicted molar refractivity (Wildman–Crippen MR) is 124 cm³/mol. The molecule has 6 heteroatoms. The number of nitrogens with zero attached hydrogens (tertiary/aromatic N) is 2. The minimum atomic E-state index is -4.82. The molecule has 1 aliphatic carbocycles. The van der Waals surface area contributed by atoms with Gasteiger partial charge in [-0.25, -0.2) is 4.57 Å². The molecule has 0 amide bonds. The summed E-state index contributed by atoms with van der Waals surface area (Å²) < 4.78 is 15.9. The molecule has 0 N–H and O–H groups in total. The van der Waals surface area contributed by atoms with Crippen molar-refractivity contribution < 1.29 is 23.5 Å². The zero-order valence-corrected chi connectivity index (χ0v) is 18.8. The van der Waals surface area contributed by atoms with E-state index in [1.54, 1.807) is 22.8 Å². The maximum absolute atomic E-state index is 12.0. The standard InChI is InChI=1S/C27H23N2O3P/c30-33(31,32)27(15-4-1-5-16-27)21-28-17-11-22(12-18-28)23-13-19-29(20-14-23)26-10-6-8-24-7-2-3-9-25(24)26/h1-15,17-20H,16,21H2. The highest BCUT2D eigenvalue weighted by Gasteiger charge is 2.35. The fourth-order valence-corrected chi connectivity index (χ4v) is 5.28. The van der Waals surface area contributed by atoms with Gasteiger partial charge in [-0.05, 0) is 29.0 Å². The smallest absolute Gasteiger partial charge is 0.218 e. The summed E-state index contributed by atoms with van der Waals surface area (Å²) in [5.41, 5.74) is 3.18. The minimum absolute atomic E-state index is 0.0915. The van der Waals surface area contributed by atoms with Crippen LogP contribution in [0.25, 0.3) is 27.6 Å². The molecule has 0 radical (unpaired) electrons. The van der Waals surface area contributed by atoms with Crippen LogP contribution in [0.1, 0.15) is 6.42 Å². The molecular formula is C27H23N2O3P. The minimum Gasteiger partial charge on any atom is -0.810 e. The van der Waals surface area contributed by atoms with Gasteiger partial charge in [-0.1, -0.05) is 62.2 Å². The number of aromatic nitrogens is 2. The van der Waals surface area contributed by atoms with E-state index in [0.717, 1.165) is 16.8 Å². The highest BCUT2D eigenvalue weighted by Crippen LogP contribution is 2.48. The first-order valence-corrected chi connectivity index (χ1v) is 12.4. The molecule has 0 saturated heterocycles. The molecule has 33 heavy (non-hydrogen) atoms. The van der Waals surface area contributed by atoms with E-state index in [1.165, 1.54) is 16.8 Å². The summed E-state index contributed by atoms with van der Waals surface area (Å²) in [5, 5.41) is 0.957. The van der Waals surface area contributed by atoms with Gasteiger partial charge in [0.1, 0.15) is 0 Å². The molecule has 164 valence electrons. The Morgan fingerprint density at radius 1 is 0.818 bits per heavy atom. The van der Waals surface area contributed by atoms with Crippen LogP contribution in [0.3, 0.4) is 0 Å². The summed E-state index contributed by atoms with van der Waals surface area (Å²) in [6.07, 6.45) is 14.6. The molecular weight excluding hydrogens is 431 g/mol. The summed E-state index contributed by atoms with van der Waals surface area (Å²) in [4.78, 5) is 24.0. The van der Waals surface area contributed by atoms with Crippen LogP contribution in [-0.2, 0) is 11.1 Å². The zero-order chi connectivity index (χ0) is 22.9. The second-order valence-corrected chi connectivity index (χ2v) is 10.2. The number of benzene rings is 2. The average molecular weight is 454 g/mol. The number of hydrogen-bond acceptors (Lipinski definition) is 3. The number of allylic oxidation sites excluding steroid dienone is 4. The summed E-state index contributed by atoms with van der Waals surface area (Å²) in [6, 6.07) is 22.6. The van der Waals surface area contributed by atoms with Crippen molar-refractivity contribution in [2.75, 3.05) is 0 Å². The predicted octanol–water partition coefficient (Wildman–Crippen LogP) is 3.24. The van der Waals surface area contributed by atoms with Gasteiger partial charge in [0.05, 0.1) is 10.5 Å². The fraction of sp³-hybridized carbons (Fsp3) is 0.111. The van der Waals surface area contributed by atoms with Crippen LogP contribution in [0.2, 0.25) is 0 Å². The normalized spacial score (nSPS) is 18.0. The Hall–Kier alpha value is -3.37.